The number of hydrogen-bond donors (Lipinski definition) is 0. The van der Waals surface area contributed by atoms with Gasteiger partial charge in [-0.3, -0.25) is 4.57 Å². The van der Waals surface area contributed by atoms with E-state index in [1.165, 1.54) is 17.8 Å². The summed E-state index contributed by atoms with van der Waals surface area (Å²) in [5, 5.41) is 0. The van der Waals surface area contributed by atoms with Crippen molar-refractivity contribution in [1.82, 2.24) is 8.87 Å². The summed E-state index contributed by atoms with van der Waals surface area (Å²) in [6, 6.07) is 2.02. The maximum Gasteiger partial charge on any atom is 0.418 e. The molecule has 1 aromatic carbocycles. The van der Waals surface area contributed by atoms with E-state index < -0.39 is 33.3 Å². The van der Waals surface area contributed by atoms with E-state index in [0.29, 0.717) is 6.42 Å². The van der Waals surface area contributed by atoms with Crippen molar-refractivity contribution in [2.24, 2.45) is 7.05 Å². The zero-order chi connectivity index (χ0) is 21.6. The van der Waals surface area contributed by atoms with Crippen molar-refractivity contribution >= 4 is 10.0 Å². The van der Waals surface area contributed by atoms with E-state index >= 15 is 0 Å². The van der Waals surface area contributed by atoms with Crippen LogP contribution in [0.5, 0.6) is 0 Å². The summed E-state index contributed by atoms with van der Waals surface area (Å²) in [7, 11) is -2.04. The number of oxazole rings is 1. The Hall–Kier alpha value is -2.00. The van der Waals surface area contributed by atoms with Crippen molar-refractivity contribution < 1.29 is 21.6 Å². The summed E-state index contributed by atoms with van der Waals surface area (Å²) in [6.07, 6.45) is 3.01. The smallest absolute Gasteiger partial charge is 0.412 e. The summed E-state index contributed by atoms with van der Waals surface area (Å²) in [6.45, 7) is 7.36. The first-order valence-corrected chi connectivity index (χ1v) is 11.0. The molecule has 9 heteroatoms. The van der Waals surface area contributed by atoms with Crippen molar-refractivity contribution in [3.63, 3.8) is 0 Å². The summed E-state index contributed by atoms with van der Waals surface area (Å²) in [5.41, 5.74) is -0.0196. The normalized spacial score (nSPS) is 12.6. The molecular formula is C19H28F2N2O4S. The Morgan fingerprint density at radius 2 is 1.82 bits per heavy atom. The second kappa shape index (κ2) is 9.97. The quantitative estimate of drug-likeness (QED) is 0.689. The van der Waals surface area contributed by atoms with Gasteiger partial charge in [0.2, 0.25) is 10.0 Å². The largest absolute Gasteiger partial charge is 0.418 e. The molecule has 28 heavy (non-hydrogen) atoms. The Balaban J connectivity index is 0.00000190. The van der Waals surface area contributed by atoms with Crippen molar-refractivity contribution in [3.8, 4) is 0 Å². The molecule has 0 aliphatic carbocycles. The molecule has 0 aliphatic heterocycles. The van der Waals surface area contributed by atoms with E-state index in [1.54, 1.807) is 13.8 Å². The molecule has 0 N–H and O–H groups in total. The molecule has 0 amide bonds. The standard InChI is InChI=1S/C17H22F2N2O4S.C2H6/c1-5-6-21(26(4,23)24)9-12-7-15(19)13(8-14(12)18)11(2)16-10-20(3)17(22)25-16;1-2/h7-8,10-11H,5-6,9H2,1-4H3;1-2H3. The average Bonchev–Trinajstić information content (AvgIpc) is 2.96. The van der Waals surface area contributed by atoms with Gasteiger partial charge in [-0.2, -0.15) is 4.31 Å². The van der Waals surface area contributed by atoms with Gasteiger partial charge in [0.25, 0.3) is 0 Å². The number of aryl methyl sites for hydroxylation is 1. The number of nitrogens with zero attached hydrogens (tertiary/aromatic N) is 2. The Bertz CT molecular complexity index is 951. The Morgan fingerprint density at radius 1 is 1.21 bits per heavy atom. The zero-order valence-electron chi connectivity index (χ0n) is 17.1. The average molecular weight is 419 g/mol. The molecule has 0 saturated carbocycles. The van der Waals surface area contributed by atoms with Gasteiger partial charge in [0.1, 0.15) is 17.4 Å². The van der Waals surface area contributed by atoms with Crippen LogP contribution in [0.2, 0.25) is 0 Å². The van der Waals surface area contributed by atoms with E-state index in [-0.39, 0.29) is 30.0 Å². The fourth-order valence-corrected chi connectivity index (χ4v) is 3.54. The van der Waals surface area contributed by atoms with Gasteiger partial charge in [-0.25, -0.2) is 22.0 Å². The molecule has 0 saturated heterocycles. The molecule has 0 radical (unpaired) electrons. The van der Waals surface area contributed by atoms with Gasteiger partial charge in [-0.15, -0.1) is 0 Å². The number of sulfonamides is 1. The highest BCUT2D eigenvalue weighted by molar-refractivity contribution is 7.88. The van der Waals surface area contributed by atoms with Gasteiger partial charge in [0.15, 0.2) is 0 Å². The summed E-state index contributed by atoms with van der Waals surface area (Å²) >= 11 is 0. The van der Waals surface area contributed by atoms with Crippen LogP contribution in [0.15, 0.2) is 27.5 Å². The number of aromatic nitrogens is 1. The second-order valence-corrected chi connectivity index (χ2v) is 8.28. The lowest BCUT2D eigenvalue weighted by Gasteiger charge is -2.20. The topological polar surface area (TPSA) is 72.5 Å². The number of halogens is 2. The Morgan fingerprint density at radius 3 is 2.29 bits per heavy atom. The molecule has 2 aromatic rings. The molecular weight excluding hydrogens is 390 g/mol. The number of rotatable bonds is 7. The van der Waals surface area contributed by atoms with Crippen molar-refractivity contribution in [1.29, 1.82) is 0 Å². The number of benzene rings is 1. The number of hydrogen-bond acceptors (Lipinski definition) is 4. The van der Waals surface area contributed by atoms with E-state index in [4.69, 9.17) is 4.42 Å². The molecule has 1 atom stereocenters. The lowest BCUT2D eigenvalue weighted by molar-refractivity contribution is 0.400. The fraction of sp³-hybridized carbons (Fsp3) is 0.526. The van der Waals surface area contributed by atoms with Crippen LogP contribution in [-0.2, 0) is 23.6 Å². The molecule has 158 valence electrons. The summed E-state index contributed by atoms with van der Waals surface area (Å²) in [4.78, 5) is 11.4. The minimum atomic E-state index is -3.53. The molecule has 0 bridgehead atoms. The van der Waals surface area contributed by atoms with Gasteiger partial charge in [-0.05, 0) is 18.6 Å². The van der Waals surface area contributed by atoms with Crippen LogP contribution in [0.4, 0.5) is 8.78 Å². The first-order chi connectivity index (χ1) is 13.0. The van der Waals surface area contributed by atoms with Crippen molar-refractivity contribution in [2.75, 3.05) is 12.8 Å². The van der Waals surface area contributed by atoms with Gasteiger partial charge in [0.05, 0.1) is 6.26 Å². The van der Waals surface area contributed by atoms with Crippen LogP contribution >= 0.6 is 0 Å². The van der Waals surface area contributed by atoms with Crippen LogP contribution in [0.1, 0.15) is 56.9 Å². The fourth-order valence-electron chi connectivity index (χ4n) is 2.65. The van der Waals surface area contributed by atoms with Gasteiger partial charge >= 0.3 is 5.76 Å². The minimum Gasteiger partial charge on any atom is -0.412 e. The highest BCUT2D eigenvalue weighted by Crippen LogP contribution is 2.28. The maximum absolute atomic E-state index is 14.5. The molecule has 1 heterocycles. The highest BCUT2D eigenvalue weighted by Gasteiger charge is 2.23. The second-order valence-electron chi connectivity index (χ2n) is 6.29. The van der Waals surface area contributed by atoms with E-state index in [0.717, 1.165) is 22.7 Å². The molecule has 2 rings (SSSR count). The van der Waals surface area contributed by atoms with Crippen LogP contribution in [0.3, 0.4) is 0 Å². The monoisotopic (exact) mass is 418 g/mol. The maximum atomic E-state index is 14.5. The van der Waals surface area contributed by atoms with E-state index in [2.05, 4.69) is 0 Å². The lowest BCUT2D eigenvalue weighted by Crippen LogP contribution is -2.30. The van der Waals surface area contributed by atoms with Crippen LogP contribution in [-0.4, -0.2) is 30.1 Å². The third-order valence-electron chi connectivity index (χ3n) is 4.16. The minimum absolute atomic E-state index is 0.0296. The van der Waals surface area contributed by atoms with Crippen LogP contribution < -0.4 is 5.76 Å². The Kier molecular flexibility index (Phi) is 8.56. The first-order valence-electron chi connectivity index (χ1n) is 9.13. The van der Waals surface area contributed by atoms with Gasteiger partial charge in [0, 0.05) is 43.4 Å². The molecule has 1 aromatic heterocycles. The van der Waals surface area contributed by atoms with Crippen molar-refractivity contribution in [3.05, 3.63) is 57.4 Å². The predicted octanol–water partition coefficient (Wildman–Crippen LogP) is 3.61. The van der Waals surface area contributed by atoms with E-state index in [9.17, 15) is 22.0 Å². The molecule has 0 aliphatic rings. The lowest BCUT2D eigenvalue weighted by atomic mass is 9.96. The van der Waals surface area contributed by atoms with E-state index in [1.807, 2.05) is 13.8 Å². The van der Waals surface area contributed by atoms with Gasteiger partial charge in [-0.1, -0.05) is 27.7 Å². The molecule has 0 fully saturated rings. The molecule has 0 spiro atoms. The Labute approximate surface area is 164 Å². The van der Waals surface area contributed by atoms with Crippen molar-refractivity contribution in [2.45, 2.75) is 46.6 Å². The SMILES string of the molecule is CC.CCCN(Cc1cc(F)c(C(C)c2cn(C)c(=O)o2)cc1F)S(C)(=O)=O. The first kappa shape index (κ1) is 24.0. The third kappa shape index (κ3) is 5.75. The highest BCUT2D eigenvalue weighted by atomic mass is 32.2. The summed E-state index contributed by atoms with van der Waals surface area (Å²) in [5.74, 6) is -2.45. The summed E-state index contributed by atoms with van der Waals surface area (Å²) < 4.78 is 59.9. The van der Waals surface area contributed by atoms with Crippen LogP contribution in [0.25, 0.3) is 0 Å². The third-order valence-corrected chi connectivity index (χ3v) is 5.41. The predicted molar refractivity (Wildman–Crippen MR) is 105 cm³/mol. The van der Waals surface area contributed by atoms with Gasteiger partial charge < -0.3 is 4.42 Å². The zero-order valence-corrected chi connectivity index (χ0v) is 17.9. The molecule has 6 nitrogen and oxygen atoms in total. The molecule has 1 unspecified atom stereocenters. The van der Waals surface area contributed by atoms with Crippen LogP contribution in [0, 0.1) is 11.6 Å².